The molecule has 0 aliphatic heterocycles. The van der Waals surface area contributed by atoms with Gasteiger partial charge in [-0.3, -0.25) is 29.3 Å². The number of imide groups is 1. The van der Waals surface area contributed by atoms with E-state index in [4.69, 9.17) is 5.73 Å². The van der Waals surface area contributed by atoms with Crippen LogP contribution >= 0.6 is 12.6 Å². The standard InChI is InChI=1S/C21H34N4O5S/c1-2-3-4-5-6-7-8-9-18(27)25-19(28)11-10-16(26)14-23-20(29)15-24-21(30)17(22)12-13-31/h17,31H,2-9,12-15,22H2,1H3,(H,23,29)(H,24,30)(H,25,27,28)/t17-/m0/s1. The van der Waals surface area contributed by atoms with Crippen molar-refractivity contribution in [2.24, 2.45) is 5.73 Å². The van der Waals surface area contributed by atoms with Gasteiger partial charge in [-0.1, -0.05) is 45.4 Å². The maximum absolute atomic E-state index is 11.7. The predicted octanol–water partition coefficient (Wildman–Crippen LogP) is 0.222. The quantitative estimate of drug-likeness (QED) is 0.103. The van der Waals surface area contributed by atoms with Gasteiger partial charge in [0.05, 0.1) is 19.1 Å². The second kappa shape index (κ2) is 18.4. The number of nitrogens with two attached hydrogens (primary N) is 1. The highest BCUT2D eigenvalue weighted by molar-refractivity contribution is 7.80. The Hall–Kier alpha value is -2.38. The Morgan fingerprint density at radius 3 is 2.16 bits per heavy atom. The molecule has 0 rings (SSSR count). The molecule has 5 N–H and O–H groups in total. The minimum absolute atomic E-state index is 0.231. The summed E-state index contributed by atoms with van der Waals surface area (Å²) in [6.07, 6.45) is 8.04. The Kier molecular flexibility index (Phi) is 17.0. The number of unbranched alkanes of at least 4 members (excludes halogenated alkanes) is 6. The van der Waals surface area contributed by atoms with Crippen molar-refractivity contribution in [3.8, 4) is 11.8 Å². The third-order valence-electron chi connectivity index (χ3n) is 4.22. The second-order valence-corrected chi connectivity index (χ2v) is 7.48. The van der Waals surface area contributed by atoms with E-state index < -0.39 is 42.0 Å². The number of hydrogen-bond acceptors (Lipinski definition) is 7. The number of nitrogens with one attached hydrogen (secondary N) is 3. The zero-order chi connectivity index (χ0) is 23.5. The number of carbonyl (C=O) groups is 5. The third-order valence-corrected chi connectivity index (χ3v) is 4.48. The van der Waals surface area contributed by atoms with E-state index in [0.29, 0.717) is 18.6 Å². The van der Waals surface area contributed by atoms with Crippen LogP contribution in [0.1, 0.15) is 64.7 Å². The molecular formula is C21H34N4O5S. The Bertz CT molecular complexity index is 672. The summed E-state index contributed by atoms with van der Waals surface area (Å²) in [5.41, 5.74) is 5.57. The summed E-state index contributed by atoms with van der Waals surface area (Å²) in [5, 5.41) is 6.71. The minimum atomic E-state index is -0.863. The molecule has 10 heteroatoms. The molecule has 0 spiro atoms. The smallest absolute Gasteiger partial charge is 0.302 e. The van der Waals surface area contributed by atoms with Crippen LogP contribution in [0.5, 0.6) is 0 Å². The summed E-state index contributed by atoms with van der Waals surface area (Å²) >= 11 is 3.97. The fourth-order valence-electron chi connectivity index (χ4n) is 2.44. The van der Waals surface area contributed by atoms with Gasteiger partial charge >= 0.3 is 5.91 Å². The molecule has 0 fully saturated rings. The van der Waals surface area contributed by atoms with Gasteiger partial charge in [-0.05, 0) is 24.5 Å². The van der Waals surface area contributed by atoms with E-state index in [1.807, 2.05) is 5.92 Å². The molecule has 0 unspecified atom stereocenters. The molecule has 0 saturated carbocycles. The Labute approximate surface area is 189 Å². The summed E-state index contributed by atoms with van der Waals surface area (Å²) in [4.78, 5) is 58.1. The van der Waals surface area contributed by atoms with Gasteiger partial charge in [0.2, 0.25) is 23.5 Å². The average molecular weight is 455 g/mol. The molecule has 1 atom stereocenters. The first-order chi connectivity index (χ1) is 14.8. The van der Waals surface area contributed by atoms with Crippen molar-refractivity contribution in [1.29, 1.82) is 0 Å². The molecule has 9 nitrogen and oxygen atoms in total. The molecule has 0 aliphatic rings. The van der Waals surface area contributed by atoms with Crippen LogP contribution in [0.25, 0.3) is 0 Å². The van der Waals surface area contributed by atoms with E-state index in [0.717, 1.165) is 19.3 Å². The monoisotopic (exact) mass is 454 g/mol. The highest BCUT2D eigenvalue weighted by Crippen LogP contribution is 2.08. The number of thiol groups is 1. The first-order valence-electron chi connectivity index (χ1n) is 10.6. The molecule has 31 heavy (non-hydrogen) atoms. The average Bonchev–Trinajstić information content (AvgIpc) is 2.74. The van der Waals surface area contributed by atoms with E-state index in [1.54, 1.807) is 0 Å². The summed E-state index contributed by atoms with van der Waals surface area (Å²) in [5.74, 6) is 1.42. The molecule has 0 radical (unpaired) electrons. The minimum Gasteiger partial charge on any atom is -0.346 e. The molecule has 4 amide bonds. The molecular weight excluding hydrogens is 420 g/mol. The summed E-state index contributed by atoms with van der Waals surface area (Å²) < 4.78 is 0. The maximum Gasteiger partial charge on any atom is 0.302 e. The Balaban J connectivity index is 4.00. The highest BCUT2D eigenvalue weighted by Gasteiger charge is 2.13. The Morgan fingerprint density at radius 1 is 0.871 bits per heavy atom. The van der Waals surface area contributed by atoms with E-state index in [2.05, 4.69) is 41.4 Å². The second-order valence-electron chi connectivity index (χ2n) is 7.04. The third kappa shape index (κ3) is 17.0. The van der Waals surface area contributed by atoms with Gasteiger partial charge in [-0.2, -0.15) is 12.6 Å². The lowest BCUT2D eigenvalue weighted by Crippen LogP contribution is -2.45. The van der Waals surface area contributed by atoms with Crippen LogP contribution in [0.4, 0.5) is 0 Å². The number of rotatable bonds is 15. The van der Waals surface area contributed by atoms with Crippen LogP contribution in [0.3, 0.4) is 0 Å². The first-order valence-corrected chi connectivity index (χ1v) is 11.2. The van der Waals surface area contributed by atoms with Crippen molar-refractivity contribution >= 4 is 42.0 Å². The fourth-order valence-corrected chi connectivity index (χ4v) is 2.72. The zero-order valence-corrected chi connectivity index (χ0v) is 19.0. The van der Waals surface area contributed by atoms with Crippen LogP contribution in [0.15, 0.2) is 0 Å². The van der Waals surface area contributed by atoms with Gasteiger partial charge in [0.25, 0.3) is 0 Å². The largest absolute Gasteiger partial charge is 0.346 e. The lowest BCUT2D eigenvalue weighted by Gasteiger charge is -2.10. The Morgan fingerprint density at radius 2 is 1.52 bits per heavy atom. The molecule has 0 saturated heterocycles. The van der Waals surface area contributed by atoms with Crippen LogP contribution in [-0.2, 0) is 24.0 Å². The van der Waals surface area contributed by atoms with E-state index in [9.17, 15) is 24.0 Å². The van der Waals surface area contributed by atoms with E-state index in [-0.39, 0.29) is 13.0 Å². The van der Waals surface area contributed by atoms with Crippen LogP contribution < -0.4 is 21.7 Å². The number of amides is 4. The predicted molar refractivity (Wildman–Crippen MR) is 121 cm³/mol. The van der Waals surface area contributed by atoms with Crippen LogP contribution in [0, 0.1) is 11.8 Å². The summed E-state index contributed by atoms with van der Waals surface area (Å²) in [6, 6.07) is -0.759. The van der Waals surface area contributed by atoms with E-state index >= 15 is 0 Å². The van der Waals surface area contributed by atoms with Crippen molar-refractivity contribution in [1.82, 2.24) is 16.0 Å². The molecule has 0 aromatic rings. The van der Waals surface area contributed by atoms with Crippen molar-refractivity contribution < 1.29 is 24.0 Å². The molecule has 0 aliphatic carbocycles. The normalized spacial score (nSPS) is 10.9. The molecule has 0 aromatic carbocycles. The topological polar surface area (TPSA) is 147 Å². The lowest BCUT2D eigenvalue weighted by atomic mass is 10.1. The van der Waals surface area contributed by atoms with E-state index in [1.165, 1.54) is 19.3 Å². The fraction of sp³-hybridized carbons (Fsp3) is 0.667. The van der Waals surface area contributed by atoms with Gasteiger partial charge in [0, 0.05) is 12.3 Å². The van der Waals surface area contributed by atoms with Crippen molar-refractivity contribution in [2.45, 2.75) is 70.8 Å². The van der Waals surface area contributed by atoms with Gasteiger partial charge in [0.1, 0.15) is 0 Å². The van der Waals surface area contributed by atoms with Gasteiger partial charge in [0.15, 0.2) is 0 Å². The highest BCUT2D eigenvalue weighted by atomic mass is 32.1. The first kappa shape index (κ1) is 28.6. The molecule has 0 bridgehead atoms. The number of Topliss-reactive ketones (excluding diaryl/α,β-unsaturated/α-hetero) is 1. The van der Waals surface area contributed by atoms with Crippen molar-refractivity contribution in [3.05, 3.63) is 0 Å². The SMILES string of the molecule is CCCCCCCCCC(=O)NC(=O)C#CC(=O)CNC(=O)CNC(=O)[C@@H](N)CCS. The number of hydrogen-bond donors (Lipinski definition) is 5. The van der Waals surface area contributed by atoms with Crippen LogP contribution in [-0.4, -0.2) is 54.3 Å². The maximum atomic E-state index is 11.7. The van der Waals surface area contributed by atoms with Gasteiger partial charge < -0.3 is 16.4 Å². The van der Waals surface area contributed by atoms with Crippen molar-refractivity contribution in [2.75, 3.05) is 18.8 Å². The summed E-state index contributed by atoms with van der Waals surface area (Å²) in [6.45, 7) is 1.39. The number of carbonyl (C=O) groups excluding carboxylic acids is 5. The number of ketones is 1. The molecule has 0 aromatic heterocycles. The molecule has 174 valence electrons. The van der Waals surface area contributed by atoms with Crippen LogP contribution in [0.2, 0.25) is 0 Å². The van der Waals surface area contributed by atoms with Crippen molar-refractivity contribution in [3.63, 3.8) is 0 Å². The zero-order valence-electron chi connectivity index (χ0n) is 18.1. The lowest BCUT2D eigenvalue weighted by molar-refractivity contribution is -0.128. The molecule has 0 heterocycles. The summed E-state index contributed by atoms with van der Waals surface area (Å²) in [7, 11) is 0. The van der Waals surface area contributed by atoms with Gasteiger partial charge in [-0.25, -0.2) is 0 Å². The van der Waals surface area contributed by atoms with Gasteiger partial charge in [-0.15, -0.1) is 0 Å².